The quantitative estimate of drug-likeness (QED) is 0.745. The van der Waals surface area contributed by atoms with Crippen LogP contribution in [-0.4, -0.2) is 18.2 Å². The zero-order valence-electron chi connectivity index (χ0n) is 11.3. The summed E-state index contributed by atoms with van der Waals surface area (Å²) < 4.78 is 5.14. The van der Waals surface area contributed by atoms with E-state index >= 15 is 0 Å². The number of benzene rings is 2. The van der Waals surface area contributed by atoms with Gasteiger partial charge in [-0.2, -0.15) is 0 Å². The number of carboxylic acids is 1. The van der Waals surface area contributed by atoms with Crippen molar-refractivity contribution in [2.75, 3.05) is 18.2 Å². The molecule has 0 saturated heterocycles. The number of rotatable bonds is 4. The first-order chi connectivity index (χ1) is 9.52. The lowest BCUT2D eigenvalue weighted by molar-refractivity contribution is 0.0698. The number of nitrogen functional groups attached to an aromatic ring is 1. The van der Waals surface area contributed by atoms with Crippen LogP contribution in [-0.2, 0) is 0 Å². The van der Waals surface area contributed by atoms with Gasteiger partial charge in [0.25, 0.3) is 0 Å². The number of hydrogen-bond acceptors (Lipinski definition) is 4. The molecule has 0 atom stereocenters. The van der Waals surface area contributed by atoms with Gasteiger partial charge in [-0.1, -0.05) is 6.07 Å². The number of para-hydroxylation sites is 1. The molecule has 0 saturated carbocycles. The molecule has 5 heteroatoms. The molecule has 0 heterocycles. The van der Waals surface area contributed by atoms with Gasteiger partial charge in [0.1, 0.15) is 5.75 Å². The molecule has 0 aliphatic carbocycles. The van der Waals surface area contributed by atoms with Crippen molar-refractivity contribution in [3.8, 4) is 5.75 Å². The summed E-state index contributed by atoms with van der Waals surface area (Å²) in [6.45, 7) is 1.93. The van der Waals surface area contributed by atoms with Crippen LogP contribution in [0.25, 0.3) is 0 Å². The SMILES string of the molecule is COc1ccc(Nc2cccc(C(=O)O)c2N)c(C)c1. The van der Waals surface area contributed by atoms with Crippen molar-refractivity contribution in [2.45, 2.75) is 6.92 Å². The van der Waals surface area contributed by atoms with Gasteiger partial charge in [-0.05, 0) is 42.8 Å². The average Bonchev–Trinajstić information content (AvgIpc) is 2.42. The third-order valence-electron chi connectivity index (χ3n) is 3.04. The molecule has 104 valence electrons. The summed E-state index contributed by atoms with van der Waals surface area (Å²) >= 11 is 0. The summed E-state index contributed by atoms with van der Waals surface area (Å²) in [6.07, 6.45) is 0. The Bertz CT molecular complexity index is 654. The highest BCUT2D eigenvalue weighted by molar-refractivity contribution is 5.97. The number of nitrogens with one attached hydrogen (secondary N) is 1. The van der Waals surface area contributed by atoms with Gasteiger partial charge in [-0.3, -0.25) is 0 Å². The molecular formula is C15H16N2O3. The molecule has 2 rings (SSSR count). The molecule has 0 fully saturated rings. The standard InChI is InChI=1S/C15H16N2O3/c1-9-8-10(20-2)6-7-12(9)17-13-5-3-4-11(14(13)16)15(18)19/h3-8,17H,16H2,1-2H3,(H,18,19). The molecule has 5 nitrogen and oxygen atoms in total. The molecule has 0 amide bonds. The van der Waals surface area contributed by atoms with E-state index < -0.39 is 5.97 Å². The lowest BCUT2D eigenvalue weighted by Gasteiger charge is -2.14. The highest BCUT2D eigenvalue weighted by Crippen LogP contribution is 2.29. The number of carbonyl (C=O) groups is 1. The van der Waals surface area contributed by atoms with Crippen LogP contribution in [0.2, 0.25) is 0 Å². The molecule has 0 aliphatic heterocycles. The molecular weight excluding hydrogens is 256 g/mol. The second kappa shape index (κ2) is 5.52. The van der Waals surface area contributed by atoms with Gasteiger partial charge < -0.3 is 20.9 Å². The molecule has 0 bridgehead atoms. The maximum Gasteiger partial charge on any atom is 0.337 e. The van der Waals surface area contributed by atoms with Gasteiger partial charge in [0.15, 0.2) is 0 Å². The van der Waals surface area contributed by atoms with Crippen molar-refractivity contribution < 1.29 is 14.6 Å². The second-order valence-corrected chi connectivity index (χ2v) is 4.38. The third-order valence-corrected chi connectivity index (χ3v) is 3.04. The first kappa shape index (κ1) is 13.7. The molecule has 20 heavy (non-hydrogen) atoms. The van der Waals surface area contributed by atoms with Crippen LogP contribution in [0.1, 0.15) is 15.9 Å². The zero-order chi connectivity index (χ0) is 14.7. The average molecular weight is 272 g/mol. The maximum atomic E-state index is 11.1. The predicted molar refractivity (Wildman–Crippen MR) is 78.8 cm³/mol. The lowest BCUT2D eigenvalue weighted by atomic mass is 10.1. The van der Waals surface area contributed by atoms with Gasteiger partial charge in [-0.25, -0.2) is 4.79 Å². The van der Waals surface area contributed by atoms with Crippen LogP contribution >= 0.6 is 0 Å². The Labute approximate surface area is 117 Å². The largest absolute Gasteiger partial charge is 0.497 e. The maximum absolute atomic E-state index is 11.1. The Morgan fingerprint density at radius 1 is 1.25 bits per heavy atom. The fraction of sp³-hybridized carbons (Fsp3) is 0.133. The minimum absolute atomic E-state index is 0.0844. The normalized spacial score (nSPS) is 10.1. The first-order valence-corrected chi connectivity index (χ1v) is 6.06. The fourth-order valence-electron chi connectivity index (χ4n) is 1.91. The van der Waals surface area contributed by atoms with E-state index in [1.54, 1.807) is 19.2 Å². The molecule has 0 radical (unpaired) electrons. The van der Waals surface area contributed by atoms with Crippen LogP contribution < -0.4 is 15.8 Å². The Kier molecular flexibility index (Phi) is 3.79. The van der Waals surface area contributed by atoms with E-state index in [2.05, 4.69) is 5.32 Å². The summed E-state index contributed by atoms with van der Waals surface area (Å²) in [7, 11) is 1.61. The molecule has 0 aliphatic rings. The number of nitrogens with two attached hydrogens (primary N) is 1. The first-order valence-electron chi connectivity index (χ1n) is 6.06. The van der Waals surface area contributed by atoms with Crippen molar-refractivity contribution in [1.82, 2.24) is 0 Å². The molecule has 2 aromatic rings. The molecule has 0 aromatic heterocycles. The fourth-order valence-corrected chi connectivity index (χ4v) is 1.91. The Morgan fingerprint density at radius 3 is 2.60 bits per heavy atom. The molecule has 2 aromatic carbocycles. The van der Waals surface area contributed by atoms with Gasteiger partial charge >= 0.3 is 5.97 Å². The Hall–Kier alpha value is -2.69. The van der Waals surface area contributed by atoms with Crippen molar-refractivity contribution in [1.29, 1.82) is 0 Å². The smallest absolute Gasteiger partial charge is 0.337 e. The summed E-state index contributed by atoms with van der Waals surface area (Å²) in [5.74, 6) is -0.280. The molecule has 0 spiro atoms. The van der Waals surface area contributed by atoms with E-state index in [4.69, 9.17) is 15.6 Å². The highest BCUT2D eigenvalue weighted by atomic mass is 16.5. The van der Waals surface area contributed by atoms with E-state index in [-0.39, 0.29) is 11.3 Å². The van der Waals surface area contributed by atoms with E-state index in [0.29, 0.717) is 5.69 Å². The summed E-state index contributed by atoms with van der Waals surface area (Å²) in [4.78, 5) is 11.1. The summed E-state index contributed by atoms with van der Waals surface area (Å²) in [6, 6.07) is 10.4. The van der Waals surface area contributed by atoms with E-state index in [0.717, 1.165) is 17.0 Å². The molecule has 0 unspecified atom stereocenters. The van der Waals surface area contributed by atoms with Crippen molar-refractivity contribution in [2.24, 2.45) is 0 Å². The van der Waals surface area contributed by atoms with E-state index in [1.165, 1.54) is 6.07 Å². The van der Waals surface area contributed by atoms with Crippen molar-refractivity contribution >= 4 is 23.0 Å². The van der Waals surface area contributed by atoms with Gasteiger partial charge in [-0.15, -0.1) is 0 Å². The monoisotopic (exact) mass is 272 g/mol. The van der Waals surface area contributed by atoms with Crippen molar-refractivity contribution in [3.05, 3.63) is 47.5 Å². The van der Waals surface area contributed by atoms with Gasteiger partial charge in [0.2, 0.25) is 0 Å². The molecule has 4 N–H and O–H groups in total. The van der Waals surface area contributed by atoms with E-state index in [1.807, 2.05) is 25.1 Å². The summed E-state index contributed by atoms with van der Waals surface area (Å²) in [5, 5.41) is 12.2. The van der Waals surface area contributed by atoms with Crippen molar-refractivity contribution in [3.63, 3.8) is 0 Å². The third kappa shape index (κ3) is 2.66. The zero-order valence-corrected chi connectivity index (χ0v) is 11.3. The van der Waals surface area contributed by atoms with Crippen LogP contribution in [0, 0.1) is 6.92 Å². The number of hydrogen-bond donors (Lipinski definition) is 3. The number of ether oxygens (including phenoxy) is 1. The topological polar surface area (TPSA) is 84.6 Å². The number of aryl methyl sites for hydroxylation is 1. The van der Waals surface area contributed by atoms with Gasteiger partial charge in [0.05, 0.1) is 24.0 Å². The van der Waals surface area contributed by atoms with Crippen LogP contribution in [0.4, 0.5) is 17.1 Å². The van der Waals surface area contributed by atoms with Gasteiger partial charge in [0, 0.05) is 5.69 Å². The predicted octanol–water partition coefficient (Wildman–Crippen LogP) is 3.03. The van der Waals surface area contributed by atoms with Crippen LogP contribution in [0.5, 0.6) is 5.75 Å². The van der Waals surface area contributed by atoms with E-state index in [9.17, 15) is 4.79 Å². The summed E-state index contributed by atoms with van der Waals surface area (Å²) in [5.41, 5.74) is 8.56. The Balaban J connectivity index is 2.35. The highest BCUT2D eigenvalue weighted by Gasteiger charge is 2.11. The Morgan fingerprint density at radius 2 is 2.00 bits per heavy atom. The minimum atomic E-state index is -1.04. The van der Waals surface area contributed by atoms with Crippen LogP contribution in [0.15, 0.2) is 36.4 Å². The number of methoxy groups -OCH3 is 1. The number of aromatic carboxylic acids is 1. The lowest BCUT2D eigenvalue weighted by Crippen LogP contribution is -2.05. The minimum Gasteiger partial charge on any atom is -0.497 e. The second-order valence-electron chi connectivity index (χ2n) is 4.38. The number of carboxylic acid groups (broad SMARTS) is 1. The van der Waals surface area contributed by atoms with Crippen LogP contribution in [0.3, 0.4) is 0 Å². The number of anilines is 3.